The number of nitrogens with one attached hydrogen (secondary N) is 2. The molecule has 0 saturated carbocycles. The molecule has 6 nitrogen and oxygen atoms in total. The summed E-state index contributed by atoms with van der Waals surface area (Å²) in [6.45, 7) is 4.20. The van der Waals surface area contributed by atoms with Crippen LogP contribution in [0.25, 0.3) is 22.3 Å². The van der Waals surface area contributed by atoms with E-state index in [2.05, 4.69) is 64.7 Å². The highest BCUT2D eigenvalue weighted by atomic mass is 15.5. The zero-order valence-electron chi connectivity index (χ0n) is 18.1. The Balaban J connectivity index is 1.28. The average Bonchev–Trinajstić information content (AvgIpc) is 3.42. The number of para-hydroxylation sites is 2. The van der Waals surface area contributed by atoms with Crippen molar-refractivity contribution < 1.29 is 0 Å². The van der Waals surface area contributed by atoms with E-state index >= 15 is 0 Å². The van der Waals surface area contributed by atoms with Gasteiger partial charge in [-0.2, -0.15) is 15.0 Å². The first-order valence-corrected chi connectivity index (χ1v) is 10.9. The van der Waals surface area contributed by atoms with Crippen molar-refractivity contribution in [2.45, 2.75) is 26.4 Å². The lowest BCUT2D eigenvalue weighted by atomic mass is 10.1. The van der Waals surface area contributed by atoms with Crippen molar-refractivity contribution in [2.75, 3.05) is 6.54 Å². The van der Waals surface area contributed by atoms with Crippen molar-refractivity contribution in [2.24, 2.45) is 0 Å². The first kappa shape index (κ1) is 20.2. The highest BCUT2D eigenvalue weighted by Crippen LogP contribution is 2.20. The monoisotopic (exact) mass is 422 g/mol. The number of aryl methyl sites for hydroxylation is 1. The summed E-state index contributed by atoms with van der Waals surface area (Å²) in [5.41, 5.74) is 7.48. The molecular weight excluding hydrogens is 396 g/mol. The Morgan fingerprint density at radius 1 is 0.875 bits per heavy atom. The van der Waals surface area contributed by atoms with Gasteiger partial charge in [-0.25, -0.2) is 4.98 Å². The van der Waals surface area contributed by atoms with Gasteiger partial charge in [-0.3, -0.25) is 0 Å². The zero-order chi connectivity index (χ0) is 21.8. The summed E-state index contributed by atoms with van der Waals surface area (Å²) < 4.78 is 0. The maximum Gasteiger partial charge on any atom is 0.117 e. The van der Waals surface area contributed by atoms with Crippen molar-refractivity contribution >= 4 is 11.0 Å². The van der Waals surface area contributed by atoms with Crippen molar-refractivity contribution in [1.29, 1.82) is 0 Å². The van der Waals surface area contributed by atoms with E-state index in [1.54, 1.807) is 4.80 Å². The number of hydrogen-bond donors (Lipinski definition) is 2. The fourth-order valence-electron chi connectivity index (χ4n) is 3.79. The largest absolute Gasteiger partial charge is 0.342 e. The number of H-pyrrole nitrogens is 1. The molecule has 160 valence electrons. The molecule has 0 atom stereocenters. The van der Waals surface area contributed by atoms with Crippen LogP contribution in [0.15, 0.2) is 78.9 Å². The predicted octanol–water partition coefficient (Wildman–Crippen LogP) is 4.51. The number of imidazole rings is 1. The van der Waals surface area contributed by atoms with Crippen LogP contribution < -0.4 is 5.32 Å². The molecule has 2 aromatic heterocycles. The Morgan fingerprint density at radius 2 is 1.66 bits per heavy atom. The molecule has 0 aliphatic carbocycles. The van der Waals surface area contributed by atoms with Gasteiger partial charge in [-0.15, -0.1) is 0 Å². The van der Waals surface area contributed by atoms with E-state index in [4.69, 9.17) is 10.2 Å². The van der Waals surface area contributed by atoms with E-state index in [0.29, 0.717) is 13.1 Å². The van der Waals surface area contributed by atoms with Crippen LogP contribution >= 0.6 is 0 Å². The summed E-state index contributed by atoms with van der Waals surface area (Å²) in [7, 11) is 0. The van der Waals surface area contributed by atoms with E-state index in [-0.39, 0.29) is 0 Å². The number of rotatable bonds is 8. The molecule has 3 aromatic carbocycles. The molecule has 32 heavy (non-hydrogen) atoms. The minimum atomic E-state index is 0.651. The van der Waals surface area contributed by atoms with Gasteiger partial charge in [0, 0.05) is 25.1 Å². The smallest absolute Gasteiger partial charge is 0.117 e. The highest BCUT2D eigenvalue weighted by molar-refractivity contribution is 5.74. The zero-order valence-corrected chi connectivity index (χ0v) is 18.1. The van der Waals surface area contributed by atoms with Gasteiger partial charge in [-0.1, -0.05) is 72.3 Å². The fraction of sp³-hybridized carbons (Fsp3) is 0.192. The number of fused-ring (bicyclic) bond motifs is 1. The van der Waals surface area contributed by atoms with Crippen LogP contribution in [0.1, 0.15) is 22.6 Å². The Hall–Kier alpha value is -3.77. The van der Waals surface area contributed by atoms with Crippen LogP contribution in [0.3, 0.4) is 0 Å². The van der Waals surface area contributed by atoms with Crippen LogP contribution in [0.5, 0.6) is 0 Å². The Bertz CT molecular complexity index is 1270. The predicted molar refractivity (Wildman–Crippen MR) is 127 cm³/mol. The van der Waals surface area contributed by atoms with Gasteiger partial charge in [0.25, 0.3) is 0 Å². The van der Waals surface area contributed by atoms with Gasteiger partial charge in [0.1, 0.15) is 17.2 Å². The molecule has 2 heterocycles. The summed E-state index contributed by atoms with van der Waals surface area (Å²) in [6, 6.07) is 26.9. The molecule has 0 amide bonds. The van der Waals surface area contributed by atoms with E-state index in [9.17, 15) is 0 Å². The van der Waals surface area contributed by atoms with Crippen LogP contribution in [0.4, 0.5) is 0 Å². The van der Waals surface area contributed by atoms with Crippen molar-refractivity contribution in [3.05, 3.63) is 102 Å². The summed E-state index contributed by atoms with van der Waals surface area (Å²) in [4.78, 5) is 9.83. The molecule has 0 fully saturated rings. The third-order valence-corrected chi connectivity index (χ3v) is 5.49. The summed E-state index contributed by atoms with van der Waals surface area (Å²) >= 11 is 0. The Kier molecular flexibility index (Phi) is 5.77. The quantitative estimate of drug-likeness (QED) is 0.361. The summed E-state index contributed by atoms with van der Waals surface area (Å²) in [5, 5.41) is 13.1. The molecule has 2 N–H and O–H groups in total. The second kappa shape index (κ2) is 9.16. The third-order valence-electron chi connectivity index (χ3n) is 5.49. The van der Waals surface area contributed by atoms with Gasteiger partial charge < -0.3 is 10.3 Å². The molecule has 0 saturated heterocycles. The maximum atomic E-state index is 4.81. The molecule has 0 aliphatic heterocycles. The standard InChI is InChI=1S/C26H26N6/c1-19-11-13-20(14-12-19)18-32-30-24(26(31-32)21-7-3-2-4-8-21)17-27-16-15-25-28-22-9-5-6-10-23(22)29-25/h2-14,27H,15-18H2,1H3,(H,28,29). The van der Waals surface area contributed by atoms with Crippen molar-refractivity contribution in [3.63, 3.8) is 0 Å². The van der Waals surface area contributed by atoms with E-state index < -0.39 is 0 Å². The molecule has 0 radical (unpaired) electrons. The first-order chi connectivity index (χ1) is 15.7. The van der Waals surface area contributed by atoms with Gasteiger partial charge in [0.2, 0.25) is 0 Å². The van der Waals surface area contributed by atoms with E-state index in [1.807, 2.05) is 36.4 Å². The van der Waals surface area contributed by atoms with Gasteiger partial charge in [0.05, 0.1) is 17.6 Å². The molecule has 5 aromatic rings. The maximum absolute atomic E-state index is 4.81. The second-order valence-electron chi connectivity index (χ2n) is 8.00. The number of hydrogen-bond acceptors (Lipinski definition) is 4. The molecule has 5 rings (SSSR count). The molecule has 6 heteroatoms. The SMILES string of the molecule is Cc1ccc(Cn2nc(CNCCc3nc4ccccc4[nH]3)c(-c3ccccc3)n2)cc1. The molecule has 0 aliphatic rings. The van der Waals surface area contributed by atoms with Gasteiger partial charge in [0.15, 0.2) is 0 Å². The lowest BCUT2D eigenvalue weighted by Crippen LogP contribution is -2.18. The minimum Gasteiger partial charge on any atom is -0.342 e. The fourth-order valence-corrected chi connectivity index (χ4v) is 3.79. The lowest BCUT2D eigenvalue weighted by molar-refractivity contribution is 0.576. The Labute approximate surface area is 187 Å². The number of nitrogens with zero attached hydrogens (tertiary/aromatic N) is 4. The Morgan fingerprint density at radius 3 is 2.47 bits per heavy atom. The molecule has 0 bridgehead atoms. The number of aromatic amines is 1. The first-order valence-electron chi connectivity index (χ1n) is 10.9. The van der Waals surface area contributed by atoms with Crippen LogP contribution in [-0.2, 0) is 19.5 Å². The van der Waals surface area contributed by atoms with E-state index in [0.717, 1.165) is 46.8 Å². The molecular formula is C26H26N6. The van der Waals surface area contributed by atoms with Crippen LogP contribution in [0.2, 0.25) is 0 Å². The third kappa shape index (κ3) is 4.60. The second-order valence-corrected chi connectivity index (χ2v) is 8.00. The summed E-state index contributed by atoms with van der Waals surface area (Å²) in [6.07, 6.45) is 0.826. The number of aromatic nitrogens is 5. The molecule has 0 spiro atoms. The van der Waals surface area contributed by atoms with Crippen molar-refractivity contribution in [1.82, 2.24) is 30.3 Å². The van der Waals surface area contributed by atoms with Gasteiger partial charge in [-0.05, 0) is 24.6 Å². The normalized spacial score (nSPS) is 11.3. The lowest BCUT2D eigenvalue weighted by Gasteiger charge is -2.03. The minimum absolute atomic E-state index is 0.651. The van der Waals surface area contributed by atoms with Crippen molar-refractivity contribution in [3.8, 4) is 11.3 Å². The van der Waals surface area contributed by atoms with E-state index in [1.165, 1.54) is 11.1 Å². The highest BCUT2D eigenvalue weighted by Gasteiger charge is 2.13. The average molecular weight is 423 g/mol. The van der Waals surface area contributed by atoms with Crippen LogP contribution in [-0.4, -0.2) is 31.5 Å². The number of benzene rings is 3. The van der Waals surface area contributed by atoms with Gasteiger partial charge >= 0.3 is 0 Å². The topological polar surface area (TPSA) is 71.4 Å². The van der Waals surface area contributed by atoms with Crippen LogP contribution in [0, 0.1) is 6.92 Å². The summed E-state index contributed by atoms with van der Waals surface area (Å²) in [5.74, 6) is 0.991. The molecule has 0 unspecified atom stereocenters.